The highest BCUT2D eigenvalue weighted by Gasteiger charge is 2.15. The second-order valence-electron chi connectivity index (χ2n) is 6.52. The van der Waals surface area contributed by atoms with Crippen molar-refractivity contribution in [1.29, 1.82) is 0 Å². The maximum atomic E-state index is 13.2. The standard InChI is InChI=1S/C18H20Cl2FNO/c1-18(2,3)22-10-13-6-11(9-21)7-14(17(13)23)12-4-5-15(19)16(20)8-12/h4-8,22-23H,9-10H2,1-3H3. The van der Waals surface area contributed by atoms with Crippen LogP contribution < -0.4 is 5.32 Å². The van der Waals surface area contributed by atoms with Crippen LogP contribution in [0.25, 0.3) is 11.1 Å². The SMILES string of the molecule is CC(C)(C)NCc1cc(CF)cc(-c2ccc(Cl)c(Cl)c2)c1O. The quantitative estimate of drug-likeness (QED) is 0.734. The third-order valence-corrected chi connectivity index (χ3v) is 4.18. The van der Waals surface area contributed by atoms with Crippen molar-refractivity contribution in [3.8, 4) is 16.9 Å². The van der Waals surface area contributed by atoms with Gasteiger partial charge in [-0.1, -0.05) is 29.3 Å². The lowest BCUT2D eigenvalue weighted by molar-refractivity contribution is 0.411. The Kier molecular flexibility index (Phi) is 5.56. The number of rotatable bonds is 4. The first-order chi connectivity index (χ1) is 10.7. The van der Waals surface area contributed by atoms with Crippen molar-refractivity contribution >= 4 is 23.2 Å². The van der Waals surface area contributed by atoms with Crippen LogP contribution >= 0.6 is 23.2 Å². The number of halogens is 3. The Morgan fingerprint density at radius 3 is 2.35 bits per heavy atom. The number of phenols is 1. The molecule has 0 amide bonds. The lowest BCUT2D eigenvalue weighted by atomic mass is 9.97. The van der Waals surface area contributed by atoms with E-state index < -0.39 is 6.67 Å². The van der Waals surface area contributed by atoms with Gasteiger partial charge in [-0.15, -0.1) is 0 Å². The third kappa shape index (κ3) is 4.60. The van der Waals surface area contributed by atoms with E-state index >= 15 is 0 Å². The molecular weight excluding hydrogens is 336 g/mol. The molecule has 0 bridgehead atoms. The summed E-state index contributed by atoms with van der Waals surface area (Å²) in [6.45, 7) is 5.93. The molecule has 0 atom stereocenters. The van der Waals surface area contributed by atoms with Gasteiger partial charge in [0.25, 0.3) is 0 Å². The Bertz CT molecular complexity index is 711. The van der Waals surface area contributed by atoms with Crippen molar-refractivity contribution < 1.29 is 9.50 Å². The predicted molar refractivity (Wildman–Crippen MR) is 95.0 cm³/mol. The van der Waals surface area contributed by atoms with Gasteiger partial charge >= 0.3 is 0 Å². The van der Waals surface area contributed by atoms with Crippen LogP contribution in [0.5, 0.6) is 5.75 Å². The molecule has 5 heteroatoms. The van der Waals surface area contributed by atoms with E-state index in [1.165, 1.54) is 0 Å². The van der Waals surface area contributed by atoms with E-state index in [0.29, 0.717) is 38.8 Å². The van der Waals surface area contributed by atoms with Crippen LogP contribution in [0, 0.1) is 0 Å². The van der Waals surface area contributed by atoms with Crippen molar-refractivity contribution in [3.05, 3.63) is 51.5 Å². The van der Waals surface area contributed by atoms with E-state index in [-0.39, 0.29) is 11.3 Å². The number of nitrogens with one attached hydrogen (secondary N) is 1. The van der Waals surface area contributed by atoms with Crippen molar-refractivity contribution in [1.82, 2.24) is 5.32 Å². The highest BCUT2D eigenvalue weighted by Crippen LogP contribution is 2.36. The first kappa shape index (κ1) is 18.1. The number of phenolic OH excluding ortho intramolecular Hbond substituents is 1. The minimum Gasteiger partial charge on any atom is -0.507 e. The summed E-state index contributed by atoms with van der Waals surface area (Å²) in [5, 5.41) is 14.7. The normalized spacial score (nSPS) is 11.7. The van der Waals surface area contributed by atoms with Crippen LogP contribution in [0.2, 0.25) is 10.0 Å². The van der Waals surface area contributed by atoms with Crippen LogP contribution in [0.1, 0.15) is 31.9 Å². The summed E-state index contributed by atoms with van der Waals surface area (Å²) in [5.74, 6) is 0.123. The van der Waals surface area contributed by atoms with Gasteiger partial charge in [0.05, 0.1) is 10.0 Å². The molecule has 124 valence electrons. The Balaban J connectivity index is 2.48. The molecule has 0 fully saturated rings. The molecule has 0 radical (unpaired) electrons. The minimum atomic E-state index is -0.600. The molecule has 0 aromatic heterocycles. The van der Waals surface area contributed by atoms with E-state index in [0.717, 1.165) is 0 Å². The minimum absolute atomic E-state index is 0.109. The van der Waals surface area contributed by atoms with E-state index in [4.69, 9.17) is 23.2 Å². The van der Waals surface area contributed by atoms with E-state index in [1.807, 2.05) is 20.8 Å². The summed E-state index contributed by atoms with van der Waals surface area (Å²) >= 11 is 12.0. The summed E-state index contributed by atoms with van der Waals surface area (Å²) in [7, 11) is 0. The van der Waals surface area contributed by atoms with Crippen molar-refractivity contribution in [2.75, 3.05) is 0 Å². The van der Waals surface area contributed by atoms with Gasteiger partial charge in [0.2, 0.25) is 0 Å². The largest absolute Gasteiger partial charge is 0.507 e. The zero-order valence-corrected chi connectivity index (χ0v) is 14.9. The summed E-state index contributed by atoms with van der Waals surface area (Å²) in [4.78, 5) is 0. The number of alkyl halides is 1. The molecule has 23 heavy (non-hydrogen) atoms. The number of benzene rings is 2. The van der Waals surface area contributed by atoms with Gasteiger partial charge in [-0.25, -0.2) is 4.39 Å². The van der Waals surface area contributed by atoms with Crippen molar-refractivity contribution in [3.63, 3.8) is 0 Å². The van der Waals surface area contributed by atoms with Crippen LogP contribution in [0.15, 0.2) is 30.3 Å². The molecule has 2 N–H and O–H groups in total. The average molecular weight is 356 g/mol. The fraction of sp³-hybridized carbons (Fsp3) is 0.333. The molecule has 0 saturated carbocycles. The maximum Gasteiger partial charge on any atom is 0.127 e. The van der Waals surface area contributed by atoms with E-state index in [1.54, 1.807) is 30.3 Å². The summed E-state index contributed by atoms with van der Waals surface area (Å²) in [6.07, 6.45) is 0. The van der Waals surface area contributed by atoms with E-state index in [9.17, 15) is 9.50 Å². The number of aromatic hydroxyl groups is 1. The Labute approximate surface area is 146 Å². The molecular formula is C18H20Cl2FNO. The van der Waals surface area contributed by atoms with Crippen LogP contribution in [0.4, 0.5) is 4.39 Å². The number of hydrogen-bond donors (Lipinski definition) is 2. The zero-order chi connectivity index (χ0) is 17.2. The Morgan fingerprint density at radius 1 is 1.09 bits per heavy atom. The summed E-state index contributed by atoms with van der Waals surface area (Å²) < 4.78 is 13.2. The first-order valence-corrected chi connectivity index (χ1v) is 8.08. The second-order valence-corrected chi connectivity index (χ2v) is 7.33. The highest BCUT2D eigenvalue weighted by molar-refractivity contribution is 6.42. The average Bonchev–Trinajstić information content (AvgIpc) is 2.48. The molecule has 2 aromatic carbocycles. The van der Waals surface area contributed by atoms with Gasteiger partial charge in [0.1, 0.15) is 12.4 Å². The fourth-order valence-corrected chi connectivity index (χ4v) is 2.51. The van der Waals surface area contributed by atoms with Gasteiger partial charge in [0, 0.05) is 23.2 Å². The smallest absolute Gasteiger partial charge is 0.127 e. The van der Waals surface area contributed by atoms with Crippen LogP contribution in [-0.2, 0) is 13.2 Å². The van der Waals surface area contributed by atoms with Crippen molar-refractivity contribution in [2.24, 2.45) is 0 Å². The molecule has 0 spiro atoms. The molecule has 0 saturated heterocycles. The lowest BCUT2D eigenvalue weighted by Crippen LogP contribution is -2.35. The topological polar surface area (TPSA) is 32.3 Å². The van der Waals surface area contributed by atoms with Gasteiger partial charge in [-0.3, -0.25) is 0 Å². The van der Waals surface area contributed by atoms with Crippen LogP contribution in [-0.4, -0.2) is 10.6 Å². The van der Waals surface area contributed by atoms with Gasteiger partial charge in [0.15, 0.2) is 0 Å². The molecule has 0 unspecified atom stereocenters. The molecule has 2 rings (SSSR count). The molecule has 2 nitrogen and oxygen atoms in total. The summed E-state index contributed by atoms with van der Waals surface area (Å²) in [6, 6.07) is 8.40. The number of hydrogen-bond acceptors (Lipinski definition) is 2. The van der Waals surface area contributed by atoms with Crippen LogP contribution in [0.3, 0.4) is 0 Å². The molecule has 0 aliphatic rings. The molecule has 0 aliphatic heterocycles. The second kappa shape index (κ2) is 7.08. The van der Waals surface area contributed by atoms with E-state index in [2.05, 4.69) is 5.32 Å². The van der Waals surface area contributed by atoms with Gasteiger partial charge < -0.3 is 10.4 Å². The lowest BCUT2D eigenvalue weighted by Gasteiger charge is -2.22. The van der Waals surface area contributed by atoms with Crippen molar-refractivity contribution in [2.45, 2.75) is 39.5 Å². The molecule has 0 aliphatic carbocycles. The third-order valence-electron chi connectivity index (χ3n) is 3.44. The molecule has 2 aromatic rings. The van der Waals surface area contributed by atoms with Gasteiger partial charge in [-0.05, 0) is 56.2 Å². The molecule has 0 heterocycles. The maximum absolute atomic E-state index is 13.2. The Morgan fingerprint density at radius 2 is 1.78 bits per heavy atom. The Hall–Kier alpha value is -1.29. The zero-order valence-electron chi connectivity index (χ0n) is 13.4. The fourth-order valence-electron chi connectivity index (χ4n) is 2.22. The monoisotopic (exact) mass is 355 g/mol. The highest BCUT2D eigenvalue weighted by atomic mass is 35.5. The predicted octanol–water partition coefficient (Wildman–Crippen LogP) is 5.72. The summed E-state index contributed by atoms with van der Waals surface area (Å²) in [5.41, 5.74) is 2.29. The first-order valence-electron chi connectivity index (χ1n) is 7.32. The van der Waals surface area contributed by atoms with Gasteiger partial charge in [-0.2, -0.15) is 0 Å².